The number of alkyl halides is 3. The van der Waals surface area contributed by atoms with Crippen LogP contribution in [0.1, 0.15) is 11.1 Å². The maximum absolute atomic E-state index is 12.7. The van der Waals surface area contributed by atoms with Crippen molar-refractivity contribution >= 4 is 28.6 Å². The zero-order valence-electron chi connectivity index (χ0n) is 14.7. The molecule has 0 saturated carbocycles. The van der Waals surface area contributed by atoms with E-state index in [0.717, 1.165) is 23.9 Å². The molecule has 0 unspecified atom stereocenters. The summed E-state index contributed by atoms with van der Waals surface area (Å²) in [5, 5.41) is 0.652. The number of halogens is 3. The molecule has 3 rings (SSSR count). The fraction of sp³-hybridized carbons (Fsp3) is 0.211. The van der Waals surface area contributed by atoms with E-state index >= 15 is 0 Å². The molecular formula is C19H15F3N2O3S. The first kappa shape index (κ1) is 19.9. The van der Waals surface area contributed by atoms with Crippen LogP contribution in [0.2, 0.25) is 0 Å². The summed E-state index contributed by atoms with van der Waals surface area (Å²) in [7, 11) is 1.22. The van der Waals surface area contributed by atoms with Crippen molar-refractivity contribution in [3.05, 3.63) is 70.0 Å². The second-order valence-electron chi connectivity index (χ2n) is 5.86. The second kappa shape index (κ2) is 8.05. The fourth-order valence-electron chi connectivity index (χ4n) is 2.53. The van der Waals surface area contributed by atoms with Crippen LogP contribution in [0.3, 0.4) is 0 Å². The number of nitrogens with zero attached hydrogens (tertiary/aromatic N) is 2. The lowest BCUT2D eigenvalue weighted by molar-refractivity contribution is -0.141. The normalized spacial score (nSPS) is 11.6. The minimum absolute atomic E-state index is 0.282. The summed E-state index contributed by atoms with van der Waals surface area (Å²) in [6.07, 6.45) is -4.40. The van der Waals surface area contributed by atoms with Crippen LogP contribution >= 0.6 is 11.8 Å². The highest BCUT2D eigenvalue weighted by Crippen LogP contribution is 2.30. The zero-order chi connectivity index (χ0) is 20.3. The molecule has 3 aromatic rings. The lowest BCUT2D eigenvalue weighted by Crippen LogP contribution is -2.27. The van der Waals surface area contributed by atoms with Crippen LogP contribution in [0.15, 0.2) is 58.5 Å². The van der Waals surface area contributed by atoms with E-state index < -0.39 is 17.7 Å². The largest absolute Gasteiger partial charge is 0.468 e. The van der Waals surface area contributed by atoms with E-state index in [1.54, 1.807) is 24.3 Å². The Kier molecular flexibility index (Phi) is 5.73. The van der Waals surface area contributed by atoms with Crippen molar-refractivity contribution in [1.29, 1.82) is 0 Å². The second-order valence-corrected chi connectivity index (χ2v) is 6.80. The highest BCUT2D eigenvalue weighted by Gasteiger charge is 2.29. The Balaban J connectivity index is 1.92. The van der Waals surface area contributed by atoms with Crippen LogP contribution in [0.5, 0.6) is 0 Å². The molecule has 0 atom stereocenters. The van der Waals surface area contributed by atoms with Gasteiger partial charge >= 0.3 is 12.1 Å². The number of rotatable bonds is 5. The maximum Gasteiger partial charge on any atom is 0.416 e. The van der Waals surface area contributed by atoms with E-state index in [9.17, 15) is 22.8 Å². The Hall–Kier alpha value is -2.81. The first-order chi connectivity index (χ1) is 13.3. The number of thioether (sulfide) groups is 1. The summed E-state index contributed by atoms with van der Waals surface area (Å²) in [5.41, 5.74) is -0.00726. The third-order valence-electron chi connectivity index (χ3n) is 3.99. The number of hydrogen-bond acceptors (Lipinski definition) is 5. The van der Waals surface area contributed by atoms with Crippen LogP contribution in [0, 0.1) is 0 Å². The molecule has 0 aliphatic heterocycles. The monoisotopic (exact) mass is 408 g/mol. The minimum Gasteiger partial charge on any atom is -0.468 e. The SMILES string of the molecule is COC(=O)Cn1c(SCc2ccc(C(F)(F)F)cc2)nc2ccccc2c1=O. The van der Waals surface area contributed by atoms with Crippen molar-refractivity contribution in [3.8, 4) is 0 Å². The zero-order valence-corrected chi connectivity index (χ0v) is 15.5. The number of fused-ring (bicyclic) bond motifs is 1. The molecule has 0 N–H and O–H groups in total. The number of carbonyl (C=O) groups is 1. The van der Waals surface area contributed by atoms with Gasteiger partial charge in [-0.2, -0.15) is 13.2 Å². The number of carbonyl (C=O) groups excluding carboxylic acids is 1. The summed E-state index contributed by atoms with van der Waals surface area (Å²) in [4.78, 5) is 28.9. The lowest BCUT2D eigenvalue weighted by Gasteiger charge is -2.12. The molecule has 0 aliphatic rings. The van der Waals surface area contributed by atoms with Gasteiger partial charge in [0, 0.05) is 5.75 Å². The Labute approximate surface area is 162 Å². The Morgan fingerprint density at radius 3 is 2.46 bits per heavy atom. The van der Waals surface area contributed by atoms with E-state index in [-0.39, 0.29) is 23.0 Å². The van der Waals surface area contributed by atoms with Crippen molar-refractivity contribution in [2.24, 2.45) is 0 Å². The number of esters is 1. The molecule has 0 fully saturated rings. The van der Waals surface area contributed by atoms with Crippen molar-refractivity contribution in [1.82, 2.24) is 9.55 Å². The molecular weight excluding hydrogens is 393 g/mol. The third-order valence-corrected chi connectivity index (χ3v) is 5.04. The molecule has 0 radical (unpaired) electrons. The third kappa shape index (κ3) is 4.36. The van der Waals surface area contributed by atoms with E-state index in [1.807, 2.05) is 0 Å². The fourth-order valence-corrected chi connectivity index (χ4v) is 3.48. The van der Waals surface area contributed by atoms with Gasteiger partial charge < -0.3 is 4.74 Å². The van der Waals surface area contributed by atoms with Crippen LogP contribution in [-0.4, -0.2) is 22.6 Å². The van der Waals surface area contributed by atoms with Gasteiger partial charge in [-0.25, -0.2) is 4.98 Å². The predicted octanol–water partition coefficient (Wildman–Crippen LogP) is 3.88. The average Bonchev–Trinajstić information content (AvgIpc) is 2.68. The maximum atomic E-state index is 12.7. The number of para-hydroxylation sites is 1. The van der Waals surface area contributed by atoms with Gasteiger partial charge in [0.15, 0.2) is 5.16 Å². The highest BCUT2D eigenvalue weighted by atomic mass is 32.2. The van der Waals surface area contributed by atoms with Crippen LogP contribution in [-0.2, 0) is 28.0 Å². The van der Waals surface area contributed by atoms with Crippen molar-refractivity contribution in [2.75, 3.05) is 7.11 Å². The summed E-state index contributed by atoms with van der Waals surface area (Å²) in [6.45, 7) is -0.303. The van der Waals surface area contributed by atoms with Gasteiger partial charge in [-0.1, -0.05) is 36.0 Å². The number of aromatic nitrogens is 2. The van der Waals surface area contributed by atoms with E-state index in [0.29, 0.717) is 16.5 Å². The Morgan fingerprint density at radius 2 is 1.82 bits per heavy atom. The van der Waals surface area contributed by atoms with Gasteiger partial charge in [0.25, 0.3) is 5.56 Å². The standard InChI is InChI=1S/C19H15F3N2O3S/c1-27-16(25)10-24-17(26)14-4-2-3-5-15(14)23-18(24)28-11-12-6-8-13(9-7-12)19(20,21)22/h2-9H,10-11H2,1H3. The molecule has 28 heavy (non-hydrogen) atoms. The smallest absolute Gasteiger partial charge is 0.416 e. The van der Waals surface area contributed by atoms with Crippen LogP contribution < -0.4 is 5.56 Å². The summed E-state index contributed by atoms with van der Waals surface area (Å²) in [5.74, 6) is -0.319. The van der Waals surface area contributed by atoms with Gasteiger partial charge in [0.1, 0.15) is 6.54 Å². The molecule has 146 valence electrons. The molecule has 0 aliphatic carbocycles. The minimum atomic E-state index is -4.40. The van der Waals surface area contributed by atoms with Crippen LogP contribution in [0.25, 0.3) is 10.9 Å². The van der Waals surface area contributed by atoms with Gasteiger partial charge in [0.2, 0.25) is 0 Å². The van der Waals surface area contributed by atoms with Gasteiger partial charge in [-0.15, -0.1) is 0 Å². The molecule has 1 aromatic heterocycles. The summed E-state index contributed by atoms with van der Waals surface area (Å²) in [6, 6.07) is 11.5. The number of hydrogen-bond donors (Lipinski definition) is 0. The molecule has 2 aromatic carbocycles. The molecule has 0 amide bonds. The Bertz CT molecular complexity index is 1060. The molecule has 1 heterocycles. The Morgan fingerprint density at radius 1 is 1.14 bits per heavy atom. The molecule has 0 spiro atoms. The average molecular weight is 408 g/mol. The number of benzene rings is 2. The van der Waals surface area contributed by atoms with Gasteiger partial charge in [0.05, 0.1) is 23.6 Å². The molecule has 0 bridgehead atoms. The molecule has 5 nitrogen and oxygen atoms in total. The topological polar surface area (TPSA) is 61.2 Å². The predicted molar refractivity (Wildman–Crippen MR) is 99.0 cm³/mol. The first-order valence-electron chi connectivity index (χ1n) is 8.15. The lowest BCUT2D eigenvalue weighted by atomic mass is 10.1. The quantitative estimate of drug-likeness (QED) is 0.364. The first-order valence-corrected chi connectivity index (χ1v) is 9.13. The van der Waals surface area contributed by atoms with Crippen molar-refractivity contribution < 1.29 is 22.7 Å². The van der Waals surface area contributed by atoms with Crippen LogP contribution in [0.4, 0.5) is 13.2 Å². The van der Waals surface area contributed by atoms with E-state index in [1.165, 1.54) is 23.8 Å². The molecule has 0 saturated heterocycles. The van der Waals surface area contributed by atoms with Gasteiger partial charge in [-0.3, -0.25) is 14.2 Å². The molecule has 9 heteroatoms. The van der Waals surface area contributed by atoms with E-state index in [2.05, 4.69) is 9.72 Å². The van der Waals surface area contributed by atoms with Gasteiger partial charge in [-0.05, 0) is 29.8 Å². The van der Waals surface area contributed by atoms with Crippen molar-refractivity contribution in [3.63, 3.8) is 0 Å². The number of ether oxygens (including phenoxy) is 1. The summed E-state index contributed by atoms with van der Waals surface area (Å²) >= 11 is 1.16. The highest BCUT2D eigenvalue weighted by molar-refractivity contribution is 7.98. The van der Waals surface area contributed by atoms with Crippen molar-refractivity contribution in [2.45, 2.75) is 23.6 Å². The summed E-state index contributed by atoms with van der Waals surface area (Å²) < 4.78 is 43.9. The number of methoxy groups -OCH3 is 1. The van der Waals surface area contributed by atoms with E-state index in [4.69, 9.17) is 0 Å².